The van der Waals surface area contributed by atoms with Crippen LogP contribution in [0.2, 0.25) is 0 Å². The zero-order valence-corrected chi connectivity index (χ0v) is 10.1. The van der Waals surface area contributed by atoms with Gasteiger partial charge in [-0.2, -0.15) is 0 Å². The van der Waals surface area contributed by atoms with Crippen LogP contribution >= 0.6 is 0 Å². The molecule has 13 heavy (non-hydrogen) atoms. The largest absolute Gasteiger partial charge is 0.382 e. The van der Waals surface area contributed by atoms with Gasteiger partial charge in [-0.1, -0.05) is 27.7 Å². The van der Waals surface area contributed by atoms with E-state index in [1.807, 2.05) is 0 Å². The molecule has 0 N–H and O–H groups in total. The highest BCUT2D eigenvalue weighted by Gasteiger charge is 2.17. The third-order valence-corrected chi connectivity index (χ3v) is 3.02. The molecule has 0 amide bonds. The van der Waals surface area contributed by atoms with Crippen LogP contribution in [-0.4, -0.2) is 13.2 Å². The van der Waals surface area contributed by atoms with E-state index in [0.717, 1.165) is 17.8 Å². The first-order chi connectivity index (χ1) is 5.99. The fourth-order valence-corrected chi connectivity index (χ4v) is 1.98. The molecule has 0 rings (SSSR count). The maximum Gasteiger partial charge on any atom is 0.0543 e. The maximum atomic E-state index is 5.26. The summed E-state index contributed by atoms with van der Waals surface area (Å²) in [5, 5.41) is 0. The Kier molecular flexibility index (Phi) is 6.40. The standard InChI is InChI=1S/C12H26O/c1-9(2)12(10(3)4)8-7-11(5)13-6/h9-12H,7-8H2,1-6H3. The van der Waals surface area contributed by atoms with Crippen molar-refractivity contribution in [3.8, 4) is 0 Å². The van der Waals surface area contributed by atoms with Gasteiger partial charge in [-0.25, -0.2) is 0 Å². The lowest BCUT2D eigenvalue weighted by Crippen LogP contribution is -2.18. The lowest BCUT2D eigenvalue weighted by molar-refractivity contribution is 0.0968. The molecule has 0 saturated carbocycles. The predicted octanol–water partition coefficient (Wildman–Crippen LogP) is 3.73. The maximum absolute atomic E-state index is 5.26. The highest BCUT2D eigenvalue weighted by molar-refractivity contribution is 4.68. The molecule has 0 aliphatic heterocycles. The Bertz CT molecular complexity index is 110. The van der Waals surface area contributed by atoms with E-state index in [-0.39, 0.29) is 0 Å². The van der Waals surface area contributed by atoms with Crippen LogP contribution in [0.4, 0.5) is 0 Å². The summed E-state index contributed by atoms with van der Waals surface area (Å²) < 4.78 is 5.26. The molecule has 1 nitrogen and oxygen atoms in total. The smallest absolute Gasteiger partial charge is 0.0543 e. The Hall–Kier alpha value is -0.0400. The number of ether oxygens (including phenoxy) is 1. The van der Waals surface area contributed by atoms with Crippen molar-refractivity contribution in [3.05, 3.63) is 0 Å². The minimum atomic E-state index is 0.417. The molecule has 0 saturated heterocycles. The van der Waals surface area contributed by atoms with Crippen molar-refractivity contribution in [2.24, 2.45) is 17.8 Å². The van der Waals surface area contributed by atoms with Gasteiger partial charge in [0.15, 0.2) is 0 Å². The van der Waals surface area contributed by atoms with E-state index >= 15 is 0 Å². The van der Waals surface area contributed by atoms with E-state index in [4.69, 9.17) is 4.74 Å². The molecule has 80 valence electrons. The van der Waals surface area contributed by atoms with Gasteiger partial charge in [-0.15, -0.1) is 0 Å². The van der Waals surface area contributed by atoms with E-state index in [1.54, 1.807) is 7.11 Å². The summed E-state index contributed by atoms with van der Waals surface area (Å²) in [5.74, 6) is 2.44. The molecule has 0 radical (unpaired) electrons. The fraction of sp³-hybridized carbons (Fsp3) is 1.00. The number of rotatable bonds is 6. The van der Waals surface area contributed by atoms with Crippen LogP contribution in [0.15, 0.2) is 0 Å². The lowest BCUT2D eigenvalue weighted by Gasteiger charge is -2.25. The van der Waals surface area contributed by atoms with Gasteiger partial charge in [-0.3, -0.25) is 0 Å². The first kappa shape index (κ1) is 13.0. The van der Waals surface area contributed by atoms with Crippen molar-refractivity contribution in [2.45, 2.75) is 53.6 Å². The first-order valence-corrected chi connectivity index (χ1v) is 5.51. The van der Waals surface area contributed by atoms with Crippen LogP contribution < -0.4 is 0 Å². The van der Waals surface area contributed by atoms with Gasteiger partial charge in [0.05, 0.1) is 6.10 Å². The Morgan fingerprint density at radius 3 is 1.62 bits per heavy atom. The van der Waals surface area contributed by atoms with Gasteiger partial charge >= 0.3 is 0 Å². The summed E-state index contributed by atoms with van der Waals surface area (Å²) in [6.45, 7) is 11.4. The molecule has 0 aromatic rings. The number of hydrogen-bond donors (Lipinski definition) is 0. The average Bonchev–Trinajstić information content (AvgIpc) is 2.03. The normalized spacial score (nSPS) is 14.5. The predicted molar refractivity (Wildman–Crippen MR) is 58.9 cm³/mol. The molecule has 1 atom stereocenters. The zero-order chi connectivity index (χ0) is 10.4. The van der Waals surface area contributed by atoms with E-state index in [9.17, 15) is 0 Å². The van der Waals surface area contributed by atoms with E-state index < -0.39 is 0 Å². The zero-order valence-electron chi connectivity index (χ0n) is 10.1. The summed E-state index contributed by atoms with van der Waals surface area (Å²) >= 11 is 0. The minimum Gasteiger partial charge on any atom is -0.382 e. The summed E-state index contributed by atoms with van der Waals surface area (Å²) in [5.41, 5.74) is 0. The van der Waals surface area contributed by atoms with Crippen LogP contribution in [0.1, 0.15) is 47.5 Å². The van der Waals surface area contributed by atoms with E-state index in [0.29, 0.717) is 6.10 Å². The Morgan fingerprint density at radius 2 is 1.31 bits per heavy atom. The molecule has 0 fully saturated rings. The second-order valence-corrected chi connectivity index (χ2v) is 4.78. The van der Waals surface area contributed by atoms with Crippen molar-refractivity contribution in [1.29, 1.82) is 0 Å². The topological polar surface area (TPSA) is 9.23 Å². The molecule has 0 aliphatic rings. The van der Waals surface area contributed by atoms with E-state index in [2.05, 4.69) is 34.6 Å². The van der Waals surface area contributed by atoms with Crippen LogP contribution in [-0.2, 0) is 4.74 Å². The first-order valence-electron chi connectivity index (χ1n) is 5.51. The second kappa shape index (κ2) is 6.42. The molecule has 0 aliphatic carbocycles. The summed E-state index contributed by atoms with van der Waals surface area (Å²) in [6.07, 6.45) is 2.90. The van der Waals surface area contributed by atoms with Crippen molar-refractivity contribution < 1.29 is 4.74 Å². The van der Waals surface area contributed by atoms with Gasteiger partial charge in [0.1, 0.15) is 0 Å². The summed E-state index contributed by atoms with van der Waals surface area (Å²) in [4.78, 5) is 0. The Balaban J connectivity index is 3.83. The van der Waals surface area contributed by atoms with E-state index in [1.165, 1.54) is 12.8 Å². The van der Waals surface area contributed by atoms with Crippen LogP contribution in [0.5, 0.6) is 0 Å². The van der Waals surface area contributed by atoms with Gasteiger partial charge in [0, 0.05) is 7.11 Å². The molecule has 1 heteroatoms. The molecule has 0 heterocycles. The van der Waals surface area contributed by atoms with Gasteiger partial charge in [-0.05, 0) is 37.5 Å². The van der Waals surface area contributed by atoms with Crippen molar-refractivity contribution in [1.82, 2.24) is 0 Å². The minimum absolute atomic E-state index is 0.417. The van der Waals surface area contributed by atoms with Crippen molar-refractivity contribution in [3.63, 3.8) is 0 Å². The number of hydrogen-bond acceptors (Lipinski definition) is 1. The highest BCUT2D eigenvalue weighted by Crippen LogP contribution is 2.26. The van der Waals surface area contributed by atoms with Gasteiger partial charge in [0.25, 0.3) is 0 Å². The third-order valence-electron chi connectivity index (χ3n) is 3.02. The molecular weight excluding hydrogens is 160 g/mol. The molecule has 0 aromatic carbocycles. The Labute approximate surface area is 83.9 Å². The SMILES string of the molecule is COC(C)CCC(C(C)C)C(C)C. The quantitative estimate of drug-likeness (QED) is 0.614. The molecule has 0 bridgehead atoms. The van der Waals surface area contributed by atoms with Gasteiger partial charge < -0.3 is 4.74 Å². The third kappa shape index (κ3) is 5.30. The lowest BCUT2D eigenvalue weighted by atomic mass is 9.82. The summed E-state index contributed by atoms with van der Waals surface area (Å²) in [6, 6.07) is 0. The highest BCUT2D eigenvalue weighted by atomic mass is 16.5. The molecule has 0 spiro atoms. The second-order valence-electron chi connectivity index (χ2n) is 4.78. The van der Waals surface area contributed by atoms with Crippen molar-refractivity contribution >= 4 is 0 Å². The van der Waals surface area contributed by atoms with Crippen LogP contribution in [0.3, 0.4) is 0 Å². The fourth-order valence-electron chi connectivity index (χ4n) is 1.98. The molecule has 1 unspecified atom stereocenters. The molecular formula is C12H26O. The monoisotopic (exact) mass is 186 g/mol. The number of methoxy groups -OCH3 is 1. The summed E-state index contributed by atoms with van der Waals surface area (Å²) in [7, 11) is 1.80. The van der Waals surface area contributed by atoms with Gasteiger partial charge in [0.2, 0.25) is 0 Å². The van der Waals surface area contributed by atoms with Crippen molar-refractivity contribution in [2.75, 3.05) is 7.11 Å². The average molecular weight is 186 g/mol. The molecule has 0 aromatic heterocycles. The van der Waals surface area contributed by atoms with Crippen LogP contribution in [0.25, 0.3) is 0 Å². The van der Waals surface area contributed by atoms with Crippen LogP contribution in [0, 0.1) is 17.8 Å². The Morgan fingerprint density at radius 1 is 0.846 bits per heavy atom.